The molecular weight excluding hydrogens is 1220 g/mol. The van der Waals surface area contributed by atoms with E-state index in [1.165, 1.54) is 117 Å². The highest BCUT2D eigenvalue weighted by atomic mass is 14.9. The first kappa shape index (κ1) is 81.8. The van der Waals surface area contributed by atoms with Gasteiger partial charge in [0.2, 0.25) is 22.8 Å². The number of hydrogen-bond acceptors (Lipinski definition) is 0. The third-order valence-electron chi connectivity index (χ3n) is 24.9. The smallest absolute Gasteiger partial charge is 0.201 e. The number of benzene rings is 4. The van der Waals surface area contributed by atoms with Crippen molar-refractivity contribution in [1.82, 2.24) is 0 Å². The van der Waals surface area contributed by atoms with Crippen LogP contribution in [-0.4, -0.2) is 0 Å². The lowest BCUT2D eigenvalue weighted by atomic mass is 9.68. The summed E-state index contributed by atoms with van der Waals surface area (Å²) in [6, 6.07) is 35.9. The number of pyridine rings is 4. The Balaban J connectivity index is 0.000000708. The van der Waals surface area contributed by atoms with E-state index in [1.807, 2.05) is 32.0 Å². The van der Waals surface area contributed by atoms with Crippen molar-refractivity contribution in [2.45, 2.75) is 326 Å². The van der Waals surface area contributed by atoms with Gasteiger partial charge in [0.15, 0.2) is 24.8 Å². The lowest BCUT2D eigenvalue weighted by molar-refractivity contribution is -0.661. The van der Waals surface area contributed by atoms with Crippen LogP contribution in [0.1, 0.15) is 323 Å². The molecule has 558 valence electrons. The Morgan fingerprint density at radius 2 is 0.485 bits per heavy atom. The quantitative estimate of drug-likeness (QED) is 0.0601. The van der Waals surface area contributed by atoms with Gasteiger partial charge in [-0.3, -0.25) is 0 Å². The zero-order chi connectivity index (χ0) is 77.9. The van der Waals surface area contributed by atoms with E-state index in [1.54, 1.807) is 23.8 Å². The standard InChI is InChI=1S/C26H40N.C25H38N.2C21H30N.4CH4/c1-10-25(7,11-2)22-17-24(21-15-14-19(5)16-20(21)6)27(9)18-23(22)26(8,12-3)13-4;1-9-24(6,10-2)21-17-23(20-16-14-13-15-19(20)5)26(8)18-22(21)25(7,11-3)12-4;2*1-8-21(6,9-2)19-14-22(7)20(13-17(19)5)18-11-10-15(3)12-16(18)4;;;;/h14-18H,10-13H2,1-9H3;13-18H,9-12H2,1-8H3;2*10-14H,8-9H2,1-7H3;4*1H4/q4*+1;;;;/i5D3;;3D3;;;;;. The van der Waals surface area contributed by atoms with Crippen LogP contribution in [0.4, 0.5) is 0 Å². The van der Waals surface area contributed by atoms with E-state index in [-0.39, 0.29) is 62.2 Å². The normalized spacial score (nSPS) is 12.8. The van der Waals surface area contributed by atoms with Gasteiger partial charge < -0.3 is 0 Å². The zero-order valence-electron chi connectivity index (χ0n) is 72.9. The second kappa shape index (κ2) is 38.8. The van der Waals surface area contributed by atoms with Crippen LogP contribution >= 0.6 is 0 Å². The average molecular weight is 1380 g/mol. The molecule has 0 atom stereocenters. The first-order valence-corrected chi connectivity index (χ1v) is 37.4. The largest absolute Gasteiger partial charge is 0.212 e. The number of hydrogen-bond donors (Lipinski definition) is 0. The maximum Gasteiger partial charge on any atom is 0.212 e. The fourth-order valence-corrected chi connectivity index (χ4v) is 14.7. The lowest BCUT2D eigenvalue weighted by Gasteiger charge is -2.36. The highest BCUT2D eigenvalue weighted by Gasteiger charge is 2.39. The van der Waals surface area contributed by atoms with E-state index in [2.05, 4.69) is 297 Å². The molecular formula is C97H154N4+4. The second-order valence-corrected chi connectivity index (χ2v) is 30.7. The number of nitrogens with zero attached hydrogens (tertiary/aromatic N) is 4. The number of rotatable bonds is 22. The molecule has 4 nitrogen and oxygen atoms in total. The van der Waals surface area contributed by atoms with Gasteiger partial charge >= 0.3 is 0 Å². The molecule has 0 fully saturated rings. The Kier molecular flexibility index (Phi) is 31.4. The van der Waals surface area contributed by atoms with Crippen molar-refractivity contribution in [1.29, 1.82) is 0 Å². The van der Waals surface area contributed by atoms with Crippen LogP contribution in [0.3, 0.4) is 0 Å². The molecule has 0 N–H and O–H groups in total. The molecule has 0 saturated heterocycles. The molecule has 0 aliphatic carbocycles. The van der Waals surface area contributed by atoms with Crippen molar-refractivity contribution < 1.29 is 26.5 Å². The fraction of sp³-hybridized carbons (Fsp3) is 0.546. The van der Waals surface area contributed by atoms with Gasteiger partial charge in [-0.15, -0.1) is 0 Å². The SMILES string of the molecule is C.C.C.C.CCC(C)(CC)c1c[n+](C)c(-c2ccc(C)cc2C)cc1C.CCC(C)(CC)c1cc(-c2ccccc2C)[n+](C)cc1C(C)(CC)CC.[2H]C([2H])([2H])c1ccc(-c2cc(C(C)(CC)CC)c(C(C)(CC)CC)c[n+]2C)c(C)c1.[2H]C([2H])([2H])c1ccc(-c2cc(C)c(C(C)(CC)CC)c[n+]2C)c(C)c1. The Hall–Kier alpha value is -6.52. The van der Waals surface area contributed by atoms with Crippen molar-refractivity contribution in [2.24, 2.45) is 28.2 Å². The summed E-state index contributed by atoms with van der Waals surface area (Å²) in [4.78, 5) is 0. The Bertz CT molecular complexity index is 4160. The van der Waals surface area contributed by atoms with Crippen molar-refractivity contribution in [3.05, 3.63) is 211 Å². The summed E-state index contributed by atoms with van der Waals surface area (Å²) >= 11 is 0. The Labute approximate surface area is 633 Å². The van der Waals surface area contributed by atoms with E-state index in [9.17, 15) is 0 Å². The molecule has 0 aliphatic heterocycles. The highest BCUT2D eigenvalue weighted by molar-refractivity contribution is 5.66. The number of aryl methyl sites for hydroxylation is 13. The molecule has 8 rings (SSSR count). The van der Waals surface area contributed by atoms with Gasteiger partial charge in [0.05, 0.1) is 0 Å². The summed E-state index contributed by atoms with van der Waals surface area (Å²) in [7, 11) is 8.56. The molecule has 4 heteroatoms. The van der Waals surface area contributed by atoms with Gasteiger partial charge in [-0.1, -0.05) is 226 Å². The van der Waals surface area contributed by atoms with Crippen LogP contribution in [0.2, 0.25) is 0 Å². The topological polar surface area (TPSA) is 15.5 Å². The fourth-order valence-electron chi connectivity index (χ4n) is 14.7. The summed E-state index contributed by atoms with van der Waals surface area (Å²) in [5.41, 5.74) is 29.2. The predicted octanol–water partition coefficient (Wildman–Crippen LogP) is 26.5. The molecule has 4 aromatic heterocycles. The molecule has 0 aliphatic rings. The molecule has 0 radical (unpaired) electrons. The molecule has 4 aromatic carbocycles. The average Bonchev–Trinajstić information content (AvgIpc) is 0.755. The van der Waals surface area contributed by atoms with Gasteiger partial charge in [0.1, 0.15) is 28.2 Å². The van der Waals surface area contributed by atoms with Crippen molar-refractivity contribution in [3.63, 3.8) is 0 Å². The number of aromatic nitrogens is 4. The maximum absolute atomic E-state index is 7.72. The van der Waals surface area contributed by atoms with E-state index in [0.717, 1.165) is 72.2 Å². The predicted molar refractivity (Wildman–Crippen MR) is 449 cm³/mol. The van der Waals surface area contributed by atoms with E-state index >= 15 is 0 Å². The molecule has 0 amide bonds. The molecule has 0 bridgehead atoms. The van der Waals surface area contributed by atoms with Crippen LogP contribution in [0.5, 0.6) is 0 Å². The first-order chi connectivity index (χ1) is 48.0. The van der Waals surface area contributed by atoms with E-state index in [0.29, 0.717) is 11.1 Å². The van der Waals surface area contributed by atoms with E-state index < -0.39 is 13.7 Å². The third-order valence-corrected chi connectivity index (χ3v) is 24.9. The minimum Gasteiger partial charge on any atom is -0.201 e. The van der Waals surface area contributed by atoms with E-state index in [4.69, 9.17) is 8.22 Å². The van der Waals surface area contributed by atoms with Gasteiger partial charge in [-0.2, -0.15) is 0 Å². The summed E-state index contributed by atoms with van der Waals surface area (Å²) in [6.45, 7) is 52.8. The molecule has 0 saturated carbocycles. The zero-order valence-corrected chi connectivity index (χ0v) is 66.9. The first-order valence-electron chi connectivity index (χ1n) is 40.4. The molecule has 101 heavy (non-hydrogen) atoms. The molecule has 0 spiro atoms. The molecule has 8 aromatic rings. The van der Waals surface area contributed by atoms with Crippen LogP contribution in [-0.2, 0) is 60.7 Å². The summed E-state index contributed by atoms with van der Waals surface area (Å²) in [5, 5.41) is 0. The summed E-state index contributed by atoms with van der Waals surface area (Å²) < 4.78 is 55.0. The minimum atomic E-state index is -2.08. The van der Waals surface area contributed by atoms with Crippen LogP contribution in [0.15, 0.2) is 128 Å². The van der Waals surface area contributed by atoms with Gasteiger partial charge in [-0.25, -0.2) is 18.3 Å². The molecule has 0 unspecified atom stereocenters. The van der Waals surface area contributed by atoms with Crippen molar-refractivity contribution >= 4 is 0 Å². The summed E-state index contributed by atoms with van der Waals surface area (Å²) in [5.74, 6) is 0. The highest BCUT2D eigenvalue weighted by Crippen LogP contribution is 2.45. The minimum absolute atomic E-state index is 0. The Morgan fingerprint density at radius 1 is 0.257 bits per heavy atom. The van der Waals surface area contributed by atoms with Gasteiger partial charge in [-0.05, 0) is 240 Å². The van der Waals surface area contributed by atoms with Crippen LogP contribution in [0.25, 0.3) is 45.0 Å². The van der Waals surface area contributed by atoms with Crippen LogP contribution in [0, 0.1) is 62.2 Å². The summed E-state index contributed by atoms with van der Waals surface area (Å²) in [6.07, 6.45) is 23.0. The monoisotopic (exact) mass is 1380 g/mol. The van der Waals surface area contributed by atoms with Crippen LogP contribution < -0.4 is 18.3 Å². The van der Waals surface area contributed by atoms with Crippen molar-refractivity contribution in [3.8, 4) is 45.0 Å². The van der Waals surface area contributed by atoms with Gasteiger partial charge in [0.25, 0.3) is 0 Å². The maximum atomic E-state index is 7.72. The third kappa shape index (κ3) is 20.5. The second-order valence-electron chi connectivity index (χ2n) is 30.7. The Morgan fingerprint density at radius 3 is 0.752 bits per heavy atom. The molecule has 4 heterocycles. The van der Waals surface area contributed by atoms with Gasteiger partial charge in [0, 0.05) is 77.0 Å². The van der Waals surface area contributed by atoms with Crippen molar-refractivity contribution in [2.75, 3.05) is 0 Å². The lowest BCUT2D eigenvalue weighted by Crippen LogP contribution is -2.38.